The number of nitrogens with zero attached hydrogens (tertiary/aromatic N) is 2. The van der Waals surface area contributed by atoms with Crippen molar-refractivity contribution in [2.45, 2.75) is 25.9 Å². The summed E-state index contributed by atoms with van der Waals surface area (Å²) in [5.41, 5.74) is 1.05. The minimum Gasteiger partial charge on any atom is -0.406 e. The van der Waals surface area contributed by atoms with E-state index >= 15 is 0 Å². The van der Waals surface area contributed by atoms with Crippen LogP contribution in [-0.4, -0.2) is 21.2 Å². The number of halogens is 3. The van der Waals surface area contributed by atoms with Gasteiger partial charge in [0.2, 0.25) is 0 Å². The molecule has 20 heavy (non-hydrogen) atoms. The van der Waals surface area contributed by atoms with Crippen LogP contribution in [-0.2, 0) is 6.54 Å². The predicted molar refractivity (Wildman–Crippen MR) is 65.1 cm³/mol. The van der Waals surface area contributed by atoms with E-state index in [1.54, 1.807) is 16.9 Å². The molecule has 0 aliphatic rings. The van der Waals surface area contributed by atoms with Gasteiger partial charge in [-0.05, 0) is 30.7 Å². The highest BCUT2D eigenvalue weighted by molar-refractivity contribution is 5.32. The lowest BCUT2D eigenvalue weighted by Crippen LogP contribution is -2.17. The van der Waals surface area contributed by atoms with Gasteiger partial charge in [0, 0.05) is 12.7 Å². The van der Waals surface area contributed by atoms with Gasteiger partial charge in [0.15, 0.2) is 0 Å². The quantitative estimate of drug-likeness (QED) is 0.940. The molecule has 1 aromatic carbocycles. The van der Waals surface area contributed by atoms with Gasteiger partial charge in [-0.3, -0.25) is 4.68 Å². The molecular formula is C13H13F3N2O2. The molecule has 2 aromatic rings. The number of hydrogen-bond acceptors (Lipinski definition) is 3. The molecule has 0 saturated carbocycles. The Morgan fingerprint density at radius 2 is 1.90 bits per heavy atom. The Morgan fingerprint density at radius 3 is 2.45 bits per heavy atom. The Balaban J connectivity index is 2.17. The molecule has 2 rings (SSSR count). The second-order valence-corrected chi connectivity index (χ2v) is 4.09. The highest BCUT2D eigenvalue weighted by Crippen LogP contribution is 2.26. The standard InChI is InChI=1S/C13H13F3N2O2/c1-2-18-11(7-8-17-18)12(19)9-3-5-10(6-4-9)20-13(14,15)16/h3-8,12,19H,2H2,1H3. The molecule has 0 aliphatic heterocycles. The van der Waals surface area contributed by atoms with Crippen LogP contribution < -0.4 is 4.74 Å². The third-order valence-corrected chi connectivity index (χ3v) is 2.76. The maximum absolute atomic E-state index is 12.0. The molecular weight excluding hydrogens is 273 g/mol. The van der Waals surface area contributed by atoms with Crippen LogP contribution in [0, 0.1) is 0 Å². The number of ether oxygens (including phenoxy) is 1. The van der Waals surface area contributed by atoms with Crippen LogP contribution in [0.4, 0.5) is 13.2 Å². The summed E-state index contributed by atoms with van der Waals surface area (Å²) >= 11 is 0. The minimum absolute atomic E-state index is 0.322. The molecule has 108 valence electrons. The van der Waals surface area contributed by atoms with Crippen LogP contribution >= 0.6 is 0 Å². The van der Waals surface area contributed by atoms with E-state index in [9.17, 15) is 18.3 Å². The zero-order valence-electron chi connectivity index (χ0n) is 10.6. The van der Waals surface area contributed by atoms with E-state index in [1.165, 1.54) is 24.3 Å². The van der Waals surface area contributed by atoms with Crippen molar-refractivity contribution < 1.29 is 23.0 Å². The summed E-state index contributed by atoms with van der Waals surface area (Å²) in [4.78, 5) is 0. The summed E-state index contributed by atoms with van der Waals surface area (Å²) in [6.45, 7) is 2.47. The molecule has 0 radical (unpaired) electrons. The first-order chi connectivity index (χ1) is 9.40. The van der Waals surface area contributed by atoms with Gasteiger partial charge in [-0.25, -0.2) is 0 Å². The maximum Gasteiger partial charge on any atom is 0.573 e. The summed E-state index contributed by atoms with van der Waals surface area (Å²) < 4.78 is 41.5. The average Bonchev–Trinajstić information content (AvgIpc) is 2.85. The second kappa shape index (κ2) is 5.54. The molecule has 0 bridgehead atoms. The van der Waals surface area contributed by atoms with Crippen LogP contribution in [0.5, 0.6) is 5.75 Å². The second-order valence-electron chi connectivity index (χ2n) is 4.09. The number of aromatic nitrogens is 2. The largest absolute Gasteiger partial charge is 0.573 e. The smallest absolute Gasteiger partial charge is 0.406 e. The van der Waals surface area contributed by atoms with Crippen molar-refractivity contribution in [3.8, 4) is 5.75 Å². The first-order valence-electron chi connectivity index (χ1n) is 5.96. The fraction of sp³-hybridized carbons (Fsp3) is 0.308. The SMILES string of the molecule is CCn1nccc1C(O)c1ccc(OC(F)(F)F)cc1. The molecule has 4 nitrogen and oxygen atoms in total. The van der Waals surface area contributed by atoms with Crippen molar-refractivity contribution in [3.63, 3.8) is 0 Å². The van der Waals surface area contributed by atoms with Crippen molar-refractivity contribution in [1.29, 1.82) is 0 Å². The summed E-state index contributed by atoms with van der Waals surface area (Å²) in [6.07, 6.45) is -4.11. The van der Waals surface area contributed by atoms with Crippen LogP contribution in [0.1, 0.15) is 24.3 Å². The van der Waals surface area contributed by atoms with E-state index in [2.05, 4.69) is 9.84 Å². The van der Waals surface area contributed by atoms with Crippen LogP contribution in [0.3, 0.4) is 0 Å². The zero-order chi connectivity index (χ0) is 14.8. The number of aliphatic hydroxyl groups excluding tert-OH is 1. The van der Waals surface area contributed by atoms with Crippen LogP contribution in [0.15, 0.2) is 36.5 Å². The van der Waals surface area contributed by atoms with Crippen LogP contribution in [0.2, 0.25) is 0 Å². The summed E-state index contributed by atoms with van der Waals surface area (Å²) in [7, 11) is 0. The van der Waals surface area contributed by atoms with Gasteiger partial charge in [0.05, 0.1) is 5.69 Å². The summed E-state index contributed by atoms with van der Waals surface area (Å²) in [5, 5.41) is 14.2. The van der Waals surface area contributed by atoms with Gasteiger partial charge >= 0.3 is 6.36 Å². The molecule has 0 fully saturated rings. The third-order valence-electron chi connectivity index (χ3n) is 2.76. The number of alkyl halides is 3. The van der Waals surface area contributed by atoms with E-state index in [0.717, 1.165) is 0 Å². The fourth-order valence-corrected chi connectivity index (χ4v) is 1.86. The Morgan fingerprint density at radius 1 is 1.25 bits per heavy atom. The van der Waals surface area contributed by atoms with E-state index in [4.69, 9.17) is 0 Å². The maximum atomic E-state index is 12.0. The Kier molecular flexibility index (Phi) is 3.99. The lowest BCUT2D eigenvalue weighted by atomic mass is 10.1. The molecule has 1 unspecified atom stereocenters. The van der Waals surface area contributed by atoms with Crippen molar-refractivity contribution in [1.82, 2.24) is 9.78 Å². The Bertz CT molecular complexity index is 564. The van der Waals surface area contributed by atoms with Crippen molar-refractivity contribution in [3.05, 3.63) is 47.8 Å². The van der Waals surface area contributed by atoms with Gasteiger partial charge in [-0.1, -0.05) is 12.1 Å². The van der Waals surface area contributed by atoms with Crippen LogP contribution in [0.25, 0.3) is 0 Å². The van der Waals surface area contributed by atoms with Crippen molar-refractivity contribution in [2.75, 3.05) is 0 Å². The van der Waals surface area contributed by atoms with E-state index in [0.29, 0.717) is 17.8 Å². The zero-order valence-corrected chi connectivity index (χ0v) is 10.6. The normalized spacial score (nSPS) is 13.2. The molecule has 0 spiro atoms. The molecule has 0 aliphatic carbocycles. The number of aliphatic hydroxyl groups is 1. The highest BCUT2D eigenvalue weighted by Gasteiger charge is 2.31. The molecule has 0 amide bonds. The van der Waals surface area contributed by atoms with Crippen molar-refractivity contribution >= 4 is 0 Å². The monoisotopic (exact) mass is 286 g/mol. The lowest BCUT2D eigenvalue weighted by molar-refractivity contribution is -0.274. The van der Waals surface area contributed by atoms with Gasteiger partial charge in [0.1, 0.15) is 11.9 Å². The van der Waals surface area contributed by atoms with E-state index in [1.807, 2.05) is 6.92 Å². The number of benzene rings is 1. The average molecular weight is 286 g/mol. The summed E-state index contributed by atoms with van der Waals surface area (Å²) in [5.74, 6) is -0.322. The first-order valence-corrected chi connectivity index (χ1v) is 5.96. The van der Waals surface area contributed by atoms with Crippen molar-refractivity contribution in [2.24, 2.45) is 0 Å². The molecule has 1 aromatic heterocycles. The molecule has 1 N–H and O–H groups in total. The van der Waals surface area contributed by atoms with Gasteiger partial charge in [-0.2, -0.15) is 5.10 Å². The number of hydrogen-bond donors (Lipinski definition) is 1. The Labute approximate surface area is 113 Å². The predicted octanol–water partition coefficient (Wildman–Crippen LogP) is 2.88. The topological polar surface area (TPSA) is 47.3 Å². The first kappa shape index (κ1) is 14.4. The lowest BCUT2D eigenvalue weighted by Gasteiger charge is -2.14. The highest BCUT2D eigenvalue weighted by atomic mass is 19.4. The molecule has 0 saturated heterocycles. The fourth-order valence-electron chi connectivity index (χ4n) is 1.86. The van der Waals surface area contributed by atoms with E-state index in [-0.39, 0.29) is 5.75 Å². The summed E-state index contributed by atoms with van der Waals surface area (Å²) in [6, 6.07) is 6.77. The number of rotatable bonds is 4. The van der Waals surface area contributed by atoms with Gasteiger partial charge < -0.3 is 9.84 Å². The Hall–Kier alpha value is -2.02. The minimum atomic E-state index is -4.72. The number of aryl methyl sites for hydroxylation is 1. The van der Waals surface area contributed by atoms with Gasteiger partial charge in [-0.15, -0.1) is 13.2 Å². The molecule has 1 heterocycles. The molecule has 1 atom stereocenters. The third kappa shape index (κ3) is 3.30. The van der Waals surface area contributed by atoms with Gasteiger partial charge in [0.25, 0.3) is 0 Å². The molecule has 7 heteroatoms. The van der Waals surface area contributed by atoms with E-state index < -0.39 is 12.5 Å².